The maximum Gasteiger partial charge on any atom is 0.308 e. The third kappa shape index (κ3) is 2.95. The van der Waals surface area contributed by atoms with Crippen LogP contribution in [0.1, 0.15) is 18.1 Å². The fourth-order valence-corrected chi connectivity index (χ4v) is 1.31. The quantitative estimate of drug-likeness (QED) is 0.767. The summed E-state index contributed by atoms with van der Waals surface area (Å²) in [5, 5.41) is 9.57. The van der Waals surface area contributed by atoms with Gasteiger partial charge >= 0.3 is 5.97 Å². The van der Waals surface area contributed by atoms with Crippen molar-refractivity contribution in [3.63, 3.8) is 0 Å². The number of para-hydroxylation sites is 1. The maximum atomic E-state index is 11.1. The predicted octanol–water partition coefficient (Wildman–Crippen LogP) is 1.64. The summed E-state index contributed by atoms with van der Waals surface area (Å²) in [5.74, 6) is -0.252. The average molecular weight is 210 g/mol. The Bertz CT molecular complexity index is 335. The lowest BCUT2D eigenvalue weighted by atomic mass is 10.1. The molecule has 4 heteroatoms. The van der Waals surface area contributed by atoms with Crippen molar-refractivity contribution < 1.29 is 19.4 Å². The number of esters is 1. The van der Waals surface area contributed by atoms with Crippen LogP contribution >= 0.6 is 0 Å². The first-order valence-electron chi connectivity index (χ1n) is 4.56. The zero-order valence-electron chi connectivity index (χ0n) is 8.77. The summed E-state index contributed by atoms with van der Waals surface area (Å²) in [6, 6.07) is 6.76. The number of carbonyl (C=O) groups is 1. The number of ether oxygens (including phenoxy) is 2. The van der Waals surface area contributed by atoms with Crippen LogP contribution in [-0.2, 0) is 14.3 Å². The molecule has 15 heavy (non-hydrogen) atoms. The van der Waals surface area contributed by atoms with Crippen LogP contribution in [0.2, 0.25) is 0 Å². The van der Waals surface area contributed by atoms with Crippen LogP contribution < -0.4 is 0 Å². The molecule has 0 aliphatic rings. The van der Waals surface area contributed by atoms with Gasteiger partial charge in [-0.15, -0.1) is 0 Å². The van der Waals surface area contributed by atoms with Gasteiger partial charge in [0.15, 0.2) is 0 Å². The molecule has 82 valence electrons. The largest absolute Gasteiger partial charge is 0.508 e. The molecule has 1 N–H and O–H groups in total. The number of benzene rings is 1. The highest BCUT2D eigenvalue weighted by atomic mass is 16.5. The van der Waals surface area contributed by atoms with Gasteiger partial charge in [-0.05, 0) is 6.07 Å². The SMILES string of the molecule is COC(=O)CC(OC)c1ccccc1O. The molecule has 0 bridgehead atoms. The Morgan fingerprint density at radius 2 is 2.07 bits per heavy atom. The molecule has 0 aliphatic heterocycles. The summed E-state index contributed by atoms with van der Waals surface area (Å²) in [7, 11) is 2.81. The molecule has 0 aliphatic carbocycles. The fraction of sp³-hybridized carbons (Fsp3) is 0.364. The van der Waals surface area contributed by atoms with Gasteiger partial charge in [0.05, 0.1) is 19.6 Å². The van der Waals surface area contributed by atoms with E-state index in [1.54, 1.807) is 24.3 Å². The van der Waals surface area contributed by atoms with E-state index in [4.69, 9.17) is 4.74 Å². The lowest BCUT2D eigenvalue weighted by Gasteiger charge is -2.15. The molecule has 1 aromatic carbocycles. The van der Waals surface area contributed by atoms with Gasteiger partial charge in [-0.1, -0.05) is 18.2 Å². The highest BCUT2D eigenvalue weighted by Gasteiger charge is 2.18. The summed E-state index contributed by atoms with van der Waals surface area (Å²) in [4.78, 5) is 11.1. The lowest BCUT2D eigenvalue weighted by Crippen LogP contribution is -2.10. The molecule has 0 saturated carbocycles. The van der Waals surface area contributed by atoms with Crippen molar-refractivity contribution in [1.82, 2.24) is 0 Å². The van der Waals surface area contributed by atoms with E-state index >= 15 is 0 Å². The van der Waals surface area contributed by atoms with Crippen LogP contribution in [0.15, 0.2) is 24.3 Å². The minimum atomic E-state index is -0.473. The van der Waals surface area contributed by atoms with Gasteiger partial charge in [-0.25, -0.2) is 0 Å². The Morgan fingerprint density at radius 3 is 2.60 bits per heavy atom. The van der Waals surface area contributed by atoms with Crippen LogP contribution in [0.3, 0.4) is 0 Å². The van der Waals surface area contributed by atoms with Gasteiger partial charge in [0.25, 0.3) is 0 Å². The molecule has 0 spiro atoms. The molecule has 0 amide bonds. The predicted molar refractivity (Wildman–Crippen MR) is 54.5 cm³/mol. The van der Waals surface area contributed by atoms with Crippen LogP contribution in [0, 0.1) is 0 Å². The molecule has 4 nitrogen and oxygen atoms in total. The molecular formula is C11H14O4. The van der Waals surface area contributed by atoms with E-state index in [2.05, 4.69) is 4.74 Å². The van der Waals surface area contributed by atoms with Gasteiger partial charge in [0.1, 0.15) is 5.75 Å². The number of hydrogen-bond donors (Lipinski definition) is 1. The molecule has 1 rings (SSSR count). The summed E-state index contributed by atoms with van der Waals surface area (Å²) in [5.41, 5.74) is 0.588. The second-order valence-corrected chi connectivity index (χ2v) is 3.06. The summed E-state index contributed by atoms with van der Waals surface area (Å²) in [6.07, 6.45) is -0.386. The molecule has 0 saturated heterocycles. The standard InChI is InChI=1S/C11H14O4/c1-14-10(7-11(13)15-2)8-5-3-4-6-9(8)12/h3-6,10,12H,7H2,1-2H3. The number of methoxy groups -OCH3 is 2. The highest BCUT2D eigenvalue weighted by Crippen LogP contribution is 2.28. The maximum absolute atomic E-state index is 11.1. The van der Waals surface area contributed by atoms with E-state index in [1.807, 2.05) is 0 Å². The van der Waals surface area contributed by atoms with E-state index in [0.717, 1.165) is 0 Å². The Labute approximate surface area is 88.4 Å². The van der Waals surface area contributed by atoms with Crippen molar-refractivity contribution in [1.29, 1.82) is 0 Å². The third-order valence-corrected chi connectivity index (χ3v) is 2.15. The van der Waals surface area contributed by atoms with Gasteiger partial charge < -0.3 is 14.6 Å². The first kappa shape index (κ1) is 11.5. The van der Waals surface area contributed by atoms with Crippen molar-refractivity contribution in [2.75, 3.05) is 14.2 Å². The number of phenols is 1. The molecular weight excluding hydrogens is 196 g/mol. The van der Waals surface area contributed by atoms with Crippen LogP contribution in [0.5, 0.6) is 5.75 Å². The van der Waals surface area contributed by atoms with Crippen LogP contribution in [0.25, 0.3) is 0 Å². The van der Waals surface area contributed by atoms with Gasteiger partial charge in [-0.2, -0.15) is 0 Å². The average Bonchev–Trinajstić information content (AvgIpc) is 2.26. The van der Waals surface area contributed by atoms with E-state index in [0.29, 0.717) is 5.56 Å². The Hall–Kier alpha value is -1.55. The molecule has 1 unspecified atom stereocenters. The number of hydrogen-bond acceptors (Lipinski definition) is 4. The van der Waals surface area contributed by atoms with Crippen molar-refractivity contribution >= 4 is 5.97 Å². The summed E-state index contributed by atoms with van der Waals surface area (Å²) >= 11 is 0. The number of phenolic OH excluding ortho intramolecular Hbond substituents is 1. The van der Waals surface area contributed by atoms with Crippen LogP contribution in [0.4, 0.5) is 0 Å². The van der Waals surface area contributed by atoms with Crippen molar-refractivity contribution in [2.24, 2.45) is 0 Å². The van der Waals surface area contributed by atoms with Crippen molar-refractivity contribution in [3.8, 4) is 5.75 Å². The first-order valence-corrected chi connectivity index (χ1v) is 4.56. The number of rotatable bonds is 4. The Kier molecular flexibility index (Phi) is 4.12. The van der Waals surface area contributed by atoms with Crippen molar-refractivity contribution in [3.05, 3.63) is 29.8 Å². The zero-order valence-corrected chi connectivity index (χ0v) is 8.77. The van der Waals surface area contributed by atoms with E-state index in [-0.39, 0.29) is 18.1 Å². The normalized spacial score (nSPS) is 12.1. The zero-order chi connectivity index (χ0) is 11.3. The fourth-order valence-electron chi connectivity index (χ4n) is 1.31. The number of aromatic hydroxyl groups is 1. The third-order valence-electron chi connectivity index (χ3n) is 2.15. The van der Waals surface area contributed by atoms with Gasteiger partial charge in [-0.3, -0.25) is 4.79 Å². The number of carbonyl (C=O) groups excluding carboxylic acids is 1. The second-order valence-electron chi connectivity index (χ2n) is 3.06. The van der Waals surface area contributed by atoms with Gasteiger partial charge in [0, 0.05) is 12.7 Å². The minimum absolute atomic E-state index is 0.0879. The topological polar surface area (TPSA) is 55.8 Å². The van der Waals surface area contributed by atoms with Crippen LogP contribution in [-0.4, -0.2) is 25.3 Å². The minimum Gasteiger partial charge on any atom is -0.508 e. The molecule has 0 aromatic heterocycles. The van der Waals surface area contributed by atoms with Gasteiger partial charge in [0.2, 0.25) is 0 Å². The molecule has 0 fully saturated rings. The summed E-state index contributed by atoms with van der Waals surface area (Å²) in [6.45, 7) is 0. The van der Waals surface area contributed by atoms with E-state index < -0.39 is 6.10 Å². The summed E-state index contributed by atoms with van der Waals surface area (Å²) < 4.78 is 9.67. The smallest absolute Gasteiger partial charge is 0.308 e. The molecule has 1 aromatic rings. The monoisotopic (exact) mass is 210 g/mol. The first-order chi connectivity index (χ1) is 7.19. The molecule has 0 heterocycles. The highest BCUT2D eigenvalue weighted by molar-refractivity contribution is 5.70. The lowest BCUT2D eigenvalue weighted by molar-refractivity contribution is -0.143. The molecule has 0 radical (unpaired) electrons. The second kappa shape index (κ2) is 5.36. The Morgan fingerprint density at radius 1 is 1.40 bits per heavy atom. The molecule has 1 atom stereocenters. The van der Waals surface area contributed by atoms with Crippen molar-refractivity contribution in [2.45, 2.75) is 12.5 Å². The van der Waals surface area contributed by atoms with E-state index in [9.17, 15) is 9.90 Å². The Balaban J connectivity index is 2.83. The van der Waals surface area contributed by atoms with E-state index in [1.165, 1.54) is 14.2 Å².